The van der Waals surface area contributed by atoms with Gasteiger partial charge in [0, 0.05) is 6.54 Å². The fourth-order valence-electron chi connectivity index (χ4n) is 2.47. The van der Waals surface area contributed by atoms with E-state index < -0.39 is 29.9 Å². The molecule has 0 saturated heterocycles. The molecule has 1 aliphatic heterocycles. The van der Waals surface area contributed by atoms with Crippen molar-refractivity contribution in [1.82, 2.24) is 5.32 Å². The van der Waals surface area contributed by atoms with Gasteiger partial charge in [-0.05, 0) is 55.8 Å². The van der Waals surface area contributed by atoms with Crippen molar-refractivity contribution in [3.05, 3.63) is 53.8 Å². The molecule has 2 aromatic rings. The molecule has 3 rings (SSSR count). The molecular weight excluding hydrogens is 369 g/mol. The van der Waals surface area contributed by atoms with Crippen LogP contribution in [-0.2, 0) is 20.9 Å². The largest absolute Gasteiger partial charge is 0.479 e. The topological polar surface area (TPSA) is 83.1 Å². The first kappa shape index (κ1) is 19.5. The predicted octanol–water partition coefficient (Wildman–Crippen LogP) is 2.57. The number of rotatable bonds is 7. The van der Waals surface area contributed by atoms with Crippen molar-refractivity contribution in [1.29, 1.82) is 0 Å². The van der Waals surface area contributed by atoms with Crippen LogP contribution >= 0.6 is 0 Å². The Morgan fingerprint density at radius 2 is 1.79 bits per heavy atom. The molecule has 28 heavy (non-hydrogen) atoms. The van der Waals surface area contributed by atoms with Crippen LogP contribution in [0.2, 0.25) is 0 Å². The van der Waals surface area contributed by atoms with Crippen molar-refractivity contribution in [2.75, 3.05) is 6.79 Å². The number of fused-ring (bicyclic) bond motifs is 1. The number of carbonyl (C=O) groups is 2. The molecule has 0 unspecified atom stereocenters. The van der Waals surface area contributed by atoms with Gasteiger partial charge in [-0.2, -0.15) is 0 Å². The molecule has 7 nitrogen and oxygen atoms in total. The third-order valence-corrected chi connectivity index (χ3v) is 4.02. The molecule has 0 radical (unpaired) electrons. The average molecular weight is 389 g/mol. The lowest BCUT2D eigenvalue weighted by molar-refractivity contribution is -0.160. The number of carbonyl (C=O) groups excluding carboxylic acids is 2. The summed E-state index contributed by atoms with van der Waals surface area (Å²) >= 11 is 0. The van der Waals surface area contributed by atoms with Gasteiger partial charge in [0.15, 0.2) is 23.7 Å². The molecule has 0 saturated carbocycles. The Labute approximate surface area is 161 Å². The summed E-state index contributed by atoms with van der Waals surface area (Å²) in [4.78, 5) is 24.3. The second-order valence-corrected chi connectivity index (χ2v) is 6.20. The van der Waals surface area contributed by atoms with Crippen LogP contribution in [0.5, 0.6) is 17.2 Å². The maximum atomic E-state index is 12.9. The van der Waals surface area contributed by atoms with Gasteiger partial charge in [-0.25, -0.2) is 9.18 Å². The zero-order valence-corrected chi connectivity index (χ0v) is 15.4. The quantitative estimate of drug-likeness (QED) is 0.733. The van der Waals surface area contributed by atoms with Crippen LogP contribution in [0.3, 0.4) is 0 Å². The fourth-order valence-corrected chi connectivity index (χ4v) is 2.47. The molecule has 0 aliphatic carbocycles. The van der Waals surface area contributed by atoms with Crippen molar-refractivity contribution >= 4 is 11.9 Å². The van der Waals surface area contributed by atoms with Gasteiger partial charge in [0.1, 0.15) is 11.6 Å². The van der Waals surface area contributed by atoms with Gasteiger partial charge in [-0.15, -0.1) is 0 Å². The molecule has 0 aromatic heterocycles. The summed E-state index contributed by atoms with van der Waals surface area (Å²) in [5.41, 5.74) is 0.823. The molecule has 0 bridgehead atoms. The predicted molar refractivity (Wildman–Crippen MR) is 96.5 cm³/mol. The van der Waals surface area contributed by atoms with E-state index in [2.05, 4.69) is 5.32 Å². The summed E-state index contributed by atoms with van der Waals surface area (Å²) in [7, 11) is 0. The maximum absolute atomic E-state index is 12.9. The van der Waals surface area contributed by atoms with Gasteiger partial charge in [0.05, 0.1) is 0 Å². The minimum atomic E-state index is -0.999. The number of halogens is 1. The first-order valence-corrected chi connectivity index (χ1v) is 8.71. The van der Waals surface area contributed by atoms with Crippen LogP contribution in [0.15, 0.2) is 42.5 Å². The zero-order chi connectivity index (χ0) is 20.1. The first-order chi connectivity index (χ1) is 13.4. The summed E-state index contributed by atoms with van der Waals surface area (Å²) in [5.74, 6) is 0.0571. The van der Waals surface area contributed by atoms with E-state index in [9.17, 15) is 14.0 Å². The van der Waals surface area contributed by atoms with E-state index in [-0.39, 0.29) is 13.3 Å². The van der Waals surface area contributed by atoms with E-state index in [0.29, 0.717) is 17.2 Å². The standard InChI is InChI=1S/C20H20FNO6/c1-12(28-20(24)13(2)27-16-6-4-15(21)5-7-16)19(23)22-10-14-3-8-17-18(9-14)26-11-25-17/h3-9,12-13H,10-11H2,1-2H3,(H,22,23)/t12-,13-/m0/s1. The van der Waals surface area contributed by atoms with Crippen molar-refractivity contribution in [3.63, 3.8) is 0 Å². The Kier molecular flexibility index (Phi) is 5.98. The minimum Gasteiger partial charge on any atom is -0.479 e. The van der Waals surface area contributed by atoms with E-state index in [0.717, 1.165) is 5.56 Å². The number of amides is 1. The highest BCUT2D eigenvalue weighted by Crippen LogP contribution is 2.32. The summed E-state index contributed by atoms with van der Waals surface area (Å²) in [5, 5.41) is 2.70. The average Bonchev–Trinajstić information content (AvgIpc) is 3.15. The van der Waals surface area contributed by atoms with Gasteiger partial charge in [0.2, 0.25) is 6.79 Å². The second kappa shape index (κ2) is 8.60. The lowest BCUT2D eigenvalue weighted by atomic mass is 10.2. The number of ether oxygens (including phenoxy) is 4. The van der Waals surface area contributed by atoms with E-state index in [1.54, 1.807) is 12.1 Å². The normalized spacial score (nSPS) is 14.1. The fraction of sp³-hybridized carbons (Fsp3) is 0.300. The third kappa shape index (κ3) is 4.91. The Hall–Kier alpha value is -3.29. The molecule has 0 spiro atoms. The van der Waals surface area contributed by atoms with Crippen LogP contribution in [0, 0.1) is 5.82 Å². The van der Waals surface area contributed by atoms with Crippen LogP contribution in [-0.4, -0.2) is 30.9 Å². The molecule has 8 heteroatoms. The molecule has 1 amide bonds. The molecule has 1 heterocycles. The van der Waals surface area contributed by atoms with Gasteiger partial charge in [-0.1, -0.05) is 6.07 Å². The Morgan fingerprint density at radius 1 is 1.07 bits per heavy atom. The van der Waals surface area contributed by atoms with E-state index >= 15 is 0 Å². The van der Waals surface area contributed by atoms with E-state index in [1.165, 1.54) is 38.1 Å². The second-order valence-electron chi connectivity index (χ2n) is 6.20. The lowest BCUT2D eigenvalue weighted by Gasteiger charge is -2.18. The third-order valence-electron chi connectivity index (χ3n) is 4.02. The number of benzene rings is 2. The van der Waals surface area contributed by atoms with Crippen molar-refractivity contribution < 1.29 is 32.9 Å². The number of hydrogen-bond acceptors (Lipinski definition) is 6. The van der Waals surface area contributed by atoms with Crippen LogP contribution < -0.4 is 19.5 Å². The molecule has 2 aromatic carbocycles. The SMILES string of the molecule is C[C@H](OC(=O)[C@H](C)Oc1ccc(F)cc1)C(=O)NCc1ccc2c(c1)OCO2. The van der Waals surface area contributed by atoms with Gasteiger partial charge < -0.3 is 24.3 Å². The van der Waals surface area contributed by atoms with Crippen molar-refractivity contribution in [2.45, 2.75) is 32.6 Å². The molecule has 1 aliphatic rings. The number of hydrogen-bond donors (Lipinski definition) is 1. The molecule has 0 fully saturated rings. The van der Waals surface area contributed by atoms with Crippen LogP contribution in [0.1, 0.15) is 19.4 Å². The maximum Gasteiger partial charge on any atom is 0.347 e. The number of esters is 1. The van der Waals surface area contributed by atoms with E-state index in [1.807, 2.05) is 6.07 Å². The van der Waals surface area contributed by atoms with Gasteiger partial charge in [-0.3, -0.25) is 4.79 Å². The van der Waals surface area contributed by atoms with E-state index in [4.69, 9.17) is 18.9 Å². The minimum absolute atomic E-state index is 0.177. The highest BCUT2D eigenvalue weighted by Gasteiger charge is 2.23. The van der Waals surface area contributed by atoms with Gasteiger partial charge >= 0.3 is 5.97 Å². The van der Waals surface area contributed by atoms with Gasteiger partial charge in [0.25, 0.3) is 5.91 Å². The summed E-state index contributed by atoms with van der Waals surface area (Å²) in [6.07, 6.45) is -1.95. The lowest BCUT2D eigenvalue weighted by Crippen LogP contribution is -2.38. The zero-order valence-electron chi connectivity index (χ0n) is 15.4. The smallest absolute Gasteiger partial charge is 0.347 e. The number of nitrogens with one attached hydrogen (secondary N) is 1. The van der Waals surface area contributed by atoms with Crippen molar-refractivity contribution in [2.24, 2.45) is 0 Å². The van der Waals surface area contributed by atoms with Crippen molar-refractivity contribution in [3.8, 4) is 17.2 Å². The Bertz CT molecular complexity index is 854. The summed E-state index contributed by atoms with van der Waals surface area (Å²) in [6.45, 7) is 3.38. The highest BCUT2D eigenvalue weighted by molar-refractivity contribution is 5.84. The Morgan fingerprint density at radius 3 is 2.54 bits per heavy atom. The Balaban J connectivity index is 1.46. The molecule has 2 atom stereocenters. The molecular formula is C20H20FNO6. The molecule has 1 N–H and O–H groups in total. The highest BCUT2D eigenvalue weighted by atomic mass is 19.1. The summed E-state index contributed by atoms with van der Waals surface area (Å²) < 4.78 is 33.9. The first-order valence-electron chi connectivity index (χ1n) is 8.71. The summed E-state index contributed by atoms with van der Waals surface area (Å²) in [6, 6.07) is 10.6. The van der Waals surface area contributed by atoms with Crippen LogP contribution in [0.25, 0.3) is 0 Å². The monoisotopic (exact) mass is 389 g/mol. The molecule has 148 valence electrons. The van der Waals surface area contributed by atoms with Crippen LogP contribution in [0.4, 0.5) is 4.39 Å².